The third-order valence-electron chi connectivity index (χ3n) is 3.40. The maximum Gasteiger partial charge on any atom is 0.0778 e. The third-order valence-corrected chi connectivity index (χ3v) is 3.40. The van der Waals surface area contributed by atoms with Crippen LogP contribution in [0.4, 0.5) is 0 Å². The molecule has 0 heterocycles. The fourth-order valence-electron chi connectivity index (χ4n) is 1.90. The zero-order chi connectivity index (χ0) is 12.2. The van der Waals surface area contributed by atoms with Crippen LogP contribution in [0.5, 0.6) is 0 Å². The van der Waals surface area contributed by atoms with Crippen molar-refractivity contribution in [1.82, 2.24) is 5.32 Å². The molecular formula is C14H23NO. The van der Waals surface area contributed by atoms with Gasteiger partial charge in [-0.1, -0.05) is 24.3 Å². The van der Waals surface area contributed by atoms with Gasteiger partial charge in [0.1, 0.15) is 0 Å². The Morgan fingerprint density at radius 3 is 2.44 bits per heavy atom. The van der Waals surface area contributed by atoms with Gasteiger partial charge in [0, 0.05) is 13.2 Å². The SMILES string of the molecule is CNC(Cc1ccccc1C)C(C)(C)OC. The fraction of sp³-hybridized carbons (Fsp3) is 0.571. The van der Waals surface area contributed by atoms with Crippen molar-refractivity contribution >= 4 is 0 Å². The van der Waals surface area contributed by atoms with E-state index in [4.69, 9.17) is 4.74 Å². The van der Waals surface area contributed by atoms with Gasteiger partial charge < -0.3 is 10.1 Å². The number of ether oxygens (including phenoxy) is 1. The molecule has 0 amide bonds. The quantitative estimate of drug-likeness (QED) is 0.825. The minimum Gasteiger partial charge on any atom is -0.377 e. The topological polar surface area (TPSA) is 21.3 Å². The van der Waals surface area contributed by atoms with Crippen molar-refractivity contribution in [2.75, 3.05) is 14.2 Å². The van der Waals surface area contributed by atoms with Crippen LogP contribution in [0, 0.1) is 6.92 Å². The molecule has 1 atom stereocenters. The summed E-state index contributed by atoms with van der Waals surface area (Å²) in [6.07, 6.45) is 0.990. The van der Waals surface area contributed by atoms with Crippen LogP contribution >= 0.6 is 0 Å². The number of aryl methyl sites for hydroxylation is 1. The molecule has 0 aliphatic heterocycles. The summed E-state index contributed by atoms with van der Waals surface area (Å²) in [5, 5.41) is 3.34. The van der Waals surface area contributed by atoms with Crippen LogP contribution in [0.2, 0.25) is 0 Å². The summed E-state index contributed by atoms with van der Waals surface area (Å²) in [6, 6.07) is 8.83. The normalized spacial score (nSPS) is 13.8. The van der Waals surface area contributed by atoms with Crippen molar-refractivity contribution in [2.45, 2.75) is 38.8 Å². The Bertz CT molecular complexity index is 333. The molecule has 0 aromatic heterocycles. The van der Waals surface area contributed by atoms with Gasteiger partial charge in [0.15, 0.2) is 0 Å². The van der Waals surface area contributed by atoms with Gasteiger partial charge in [-0.25, -0.2) is 0 Å². The highest BCUT2D eigenvalue weighted by molar-refractivity contribution is 5.26. The maximum absolute atomic E-state index is 5.54. The van der Waals surface area contributed by atoms with Gasteiger partial charge >= 0.3 is 0 Å². The second-order valence-electron chi connectivity index (χ2n) is 4.78. The van der Waals surface area contributed by atoms with Crippen molar-refractivity contribution in [3.05, 3.63) is 35.4 Å². The average Bonchev–Trinajstić information content (AvgIpc) is 2.27. The molecule has 1 N–H and O–H groups in total. The summed E-state index contributed by atoms with van der Waals surface area (Å²) in [4.78, 5) is 0. The van der Waals surface area contributed by atoms with Gasteiger partial charge in [-0.15, -0.1) is 0 Å². The smallest absolute Gasteiger partial charge is 0.0778 e. The molecule has 2 nitrogen and oxygen atoms in total. The van der Waals surface area contributed by atoms with Crippen LogP contribution < -0.4 is 5.32 Å². The minimum atomic E-state index is -0.156. The number of nitrogens with one attached hydrogen (secondary N) is 1. The molecule has 0 saturated carbocycles. The van der Waals surface area contributed by atoms with Crippen molar-refractivity contribution < 1.29 is 4.74 Å². The Balaban J connectivity index is 2.82. The van der Waals surface area contributed by atoms with Crippen LogP contribution in [0.25, 0.3) is 0 Å². The summed E-state index contributed by atoms with van der Waals surface area (Å²) in [5.74, 6) is 0. The second-order valence-corrected chi connectivity index (χ2v) is 4.78. The predicted octanol–water partition coefficient (Wildman–Crippen LogP) is 2.55. The molecular weight excluding hydrogens is 198 g/mol. The van der Waals surface area contributed by atoms with Crippen LogP contribution in [0.15, 0.2) is 24.3 Å². The first-order chi connectivity index (χ1) is 7.51. The third kappa shape index (κ3) is 3.06. The molecule has 2 heteroatoms. The van der Waals surface area contributed by atoms with E-state index in [9.17, 15) is 0 Å². The predicted molar refractivity (Wildman–Crippen MR) is 68.8 cm³/mol. The molecule has 0 saturated heterocycles. The second kappa shape index (κ2) is 5.46. The summed E-state index contributed by atoms with van der Waals surface area (Å²) in [7, 11) is 3.76. The Morgan fingerprint density at radius 1 is 1.31 bits per heavy atom. The van der Waals surface area contributed by atoms with E-state index in [1.807, 2.05) is 7.05 Å². The maximum atomic E-state index is 5.54. The van der Waals surface area contributed by atoms with Crippen LogP contribution in [0.1, 0.15) is 25.0 Å². The fourth-order valence-corrected chi connectivity index (χ4v) is 1.90. The van der Waals surface area contributed by atoms with E-state index in [0.717, 1.165) is 6.42 Å². The Morgan fingerprint density at radius 2 is 1.94 bits per heavy atom. The number of methoxy groups -OCH3 is 1. The van der Waals surface area contributed by atoms with Crippen molar-refractivity contribution in [1.29, 1.82) is 0 Å². The molecule has 0 fully saturated rings. The average molecular weight is 221 g/mol. The van der Waals surface area contributed by atoms with E-state index >= 15 is 0 Å². The molecule has 1 aromatic rings. The van der Waals surface area contributed by atoms with Gasteiger partial charge in [-0.05, 0) is 45.4 Å². The number of benzene rings is 1. The van der Waals surface area contributed by atoms with E-state index in [0.29, 0.717) is 6.04 Å². The van der Waals surface area contributed by atoms with E-state index in [1.54, 1.807) is 7.11 Å². The molecule has 0 radical (unpaired) electrons. The van der Waals surface area contributed by atoms with E-state index in [-0.39, 0.29) is 5.60 Å². The lowest BCUT2D eigenvalue weighted by Gasteiger charge is -2.33. The van der Waals surface area contributed by atoms with Gasteiger partial charge in [-0.3, -0.25) is 0 Å². The van der Waals surface area contributed by atoms with Crippen molar-refractivity contribution in [2.24, 2.45) is 0 Å². The zero-order valence-corrected chi connectivity index (χ0v) is 11.0. The summed E-state index contributed by atoms with van der Waals surface area (Å²) < 4.78 is 5.54. The number of likely N-dealkylation sites (N-methyl/N-ethyl adjacent to an activating group) is 1. The molecule has 0 aliphatic carbocycles. The van der Waals surface area contributed by atoms with E-state index < -0.39 is 0 Å². The summed E-state index contributed by atoms with van der Waals surface area (Å²) in [6.45, 7) is 6.39. The largest absolute Gasteiger partial charge is 0.377 e. The Labute approximate surface area is 99.0 Å². The number of hydrogen-bond donors (Lipinski definition) is 1. The van der Waals surface area contributed by atoms with E-state index in [2.05, 4.69) is 50.4 Å². The highest BCUT2D eigenvalue weighted by Crippen LogP contribution is 2.19. The molecule has 0 aliphatic rings. The molecule has 0 bridgehead atoms. The number of rotatable bonds is 5. The van der Waals surface area contributed by atoms with Gasteiger partial charge in [-0.2, -0.15) is 0 Å². The Kier molecular flexibility index (Phi) is 4.51. The molecule has 1 rings (SSSR count). The van der Waals surface area contributed by atoms with Crippen molar-refractivity contribution in [3.8, 4) is 0 Å². The summed E-state index contributed by atoms with van der Waals surface area (Å²) in [5.41, 5.74) is 2.57. The van der Waals surface area contributed by atoms with Gasteiger partial charge in [0.2, 0.25) is 0 Å². The van der Waals surface area contributed by atoms with Crippen molar-refractivity contribution in [3.63, 3.8) is 0 Å². The monoisotopic (exact) mass is 221 g/mol. The van der Waals surface area contributed by atoms with Crippen LogP contribution in [-0.2, 0) is 11.2 Å². The lowest BCUT2D eigenvalue weighted by atomic mass is 9.90. The summed E-state index contributed by atoms with van der Waals surface area (Å²) >= 11 is 0. The first-order valence-corrected chi connectivity index (χ1v) is 5.78. The Hall–Kier alpha value is -0.860. The molecule has 0 spiro atoms. The lowest BCUT2D eigenvalue weighted by Crippen LogP contribution is -2.48. The standard InChI is InChI=1S/C14H23NO/c1-11-8-6-7-9-12(11)10-13(15-4)14(2,3)16-5/h6-9,13,15H,10H2,1-5H3. The lowest BCUT2D eigenvalue weighted by molar-refractivity contribution is -0.00800. The molecule has 1 unspecified atom stereocenters. The molecule has 90 valence electrons. The van der Waals surface area contributed by atoms with Gasteiger partial charge in [0.25, 0.3) is 0 Å². The highest BCUT2D eigenvalue weighted by Gasteiger charge is 2.28. The highest BCUT2D eigenvalue weighted by atomic mass is 16.5. The van der Waals surface area contributed by atoms with E-state index in [1.165, 1.54) is 11.1 Å². The number of hydrogen-bond acceptors (Lipinski definition) is 2. The van der Waals surface area contributed by atoms with Crippen LogP contribution in [-0.4, -0.2) is 25.8 Å². The molecule has 1 aromatic carbocycles. The first-order valence-electron chi connectivity index (χ1n) is 5.78. The molecule has 16 heavy (non-hydrogen) atoms. The zero-order valence-electron chi connectivity index (χ0n) is 11.0. The van der Waals surface area contributed by atoms with Crippen LogP contribution in [0.3, 0.4) is 0 Å². The minimum absolute atomic E-state index is 0.156. The first kappa shape index (κ1) is 13.2. The van der Waals surface area contributed by atoms with Gasteiger partial charge in [0.05, 0.1) is 5.60 Å².